The fourth-order valence-electron chi connectivity index (χ4n) is 1.57. The van der Waals surface area contributed by atoms with Crippen LogP contribution in [-0.2, 0) is 0 Å². The van der Waals surface area contributed by atoms with Crippen LogP contribution in [0.25, 0.3) is 0 Å². The summed E-state index contributed by atoms with van der Waals surface area (Å²) in [6, 6.07) is 4.37. The monoisotopic (exact) mass is 190 g/mol. The molecule has 14 heavy (non-hydrogen) atoms. The average molecular weight is 190 g/mol. The zero-order valence-corrected chi connectivity index (χ0v) is 9.63. The van der Waals surface area contributed by atoms with Crippen molar-refractivity contribution in [1.82, 2.24) is 5.01 Å². The highest BCUT2D eigenvalue weighted by Crippen LogP contribution is 2.14. The Morgan fingerprint density at radius 2 is 1.57 bits per heavy atom. The molecule has 0 saturated heterocycles. The van der Waals surface area contributed by atoms with Crippen LogP contribution in [0.2, 0.25) is 0 Å². The van der Waals surface area contributed by atoms with E-state index in [1.165, 1.54) is 22.3 Å². The Morgan fingerprint density at radius 1 is 1.07 bits per heavy atom. The predicted molar refractivity (Wildman–Crippen MR) is 61.9 cm³/mol. The lowest BCUT2D eigenvalue weighted by Gasteiger charge is -2.08. The first-order valence-corrected chi connectivity index (χ1v) is 4.80. The van der Waals surface area contributed by atoms with E-state index in [0.717, 1.165) is 0 Å². The van der Waals surface area contributed by atoms with Gasteiger partial charge in [0.05, 0.1) is 6.21 Å². The third kappa shape index (κ3) is 2.59. The number of hydrogen-bond donors (Lipinski definition) is 0. The van der Waals surface area contributed by atoms with Crippen molar-refractivity contribution >= 4 is 6.21 Å². The van der Waals surface area contributed by atoms with Crippen molar-refractivity contribution in [3.63, 3.8) is 0 Å². The quantitative estimate of drug-likeness (QED) is 0.517. The fourth-order valence-corrected chi connectivity index (χ4v) is 1.57. The Hall–Kier alpha value is -1.31. The van der Waals surface area contributed by atoms with E-state index in [9.17, 15) is 0 Å². The van der Waals surface area contributed by atoms with E-state index < -0.39 is 0 Å². The van der Waals surface area contributed by atoms with Crippen LogP contribution in [0.15, 0.2) is 17.2 Å². The number of rotatable bonds is 2. The Labute approximate surface area is 86.2 Å². The summed E-state index contributed by atoms with van der Waals surface area (Å²) in [5.74, 6) is 0. The van der Waals surface area contributed by atoms with Gasteiger partial charge >= 0.3 is 0 Å². The van der Waals surface area contributed by atoms with Gasteiger partial charge in [0.1, 0.15) is 0 Å². The highest BCUT2D eigenvalue weighted by molar-refractivity contribution is 5.83. The lowest BCUT2D eigenvalue weighted by atomic mass is 10.0. The molecule has 0 unspecified atom stereocenters. The molecule has 0 spiro atoms. The van der Waals surface area contributed by atoms with Crippen LogP contribution < -0.4 is 0 Å². The van der Waals surface area contributed by atoms with Crippen LogP contribution in [0.5, 0.6) is 0 Å². The Bertz CT molecular complexity index is 328. The maximum atomic E-state index is 4.25. The van der Waals surface area contributed by atoms with Crippen LogP contribution in [-0.4, -0.2) is 25.3 Å². The summed E-state index contributed by atoms with van der Waals surface area (Å²) >= 11 is 0. The molecule has 1 aromatic carbocycles. The van der Waals surface area contributed by atoms with Gasteiger partial charge in [-0.2, -0.15) is 5.10 Å². The van der Waals surface area contributed by atoms with E-state index in [1.807, 2.05) is 20.3 Å². The SMILES string of the molecule is Cc1cc(C)c(/C=N/N(C)C)c(C)c1. The Morgan fingerprint density at radius 3 is 2.00 bits per heavy atom. The summed E-state index contributed by atoms with van der Waals surface area (Å²) in [7, 11) is 3.85. The molecule has 0 atom stereocenters. The Kier molecular flexibility index (Phi) is 3.28. The van der Waals surface area contributed by atoms with Gasteiger partial charge in [-0.1, -0.05) is 17.7 Å². The molecule has 76 valence electrons. The summed E-state index contributed by atoms with van der Waals surface area (Å²) in [4.78, 5) is 0. The lowest BCUT2D eigenvalue weighted by molar-refractivity contribution is 0.440. The molecule has 0 radical (unpaired) electrons. The first-order valence-electron chi connectivity index (χ1n) is 4.80. The zero-order valence-electron chi connectivity index (χ0n) is 9.63. The van der Waals surface area contributed by atoms with Crippen molar-refractivity contribution in [2.45, 2.75) is 20.8 Å². The molecule has 1 aromatic rings. The normalized spacial score (nSPS) is 10.9. The molecule has 0 saturated carbocycles. The summed E-state index contributed by atoms with van der Waals surface area (Å²) < 4.78 is 0. The molecule has 0 aromatic heterocycles. The van der Waals surface area contributed by atoms with Gasteiger partial charge in [-0.25, -0.2) is 0 Å². The van der Waals surface area contributed by atoms with E-state index in [4.69, 9.17) is 0 Å². The molecule has 0 aliphatic heterocycles. The molecule has 0 aliphatic carbocycles. The predicted octanol–water partition coefficient (Wildman–Crippen LogP) is 2.51. The molecule has 0 bridgehead atoms. The number of hydrazone groups is 1. The number of benzene rings is 1. The standard InChI is InChI=1S/C12H18N2/c1-9-6-10(2)12(11(3)7-9)8-13-14(4)5/h6-8H,1-5H3/b13-8+. The van der Waals surface area contributed by atoms with Gasteiger partial charge in [0.2, 0.25) is 0 Å². The highest BCUT2D eigenvalue weighted by atomic mass is 15.4. The van der Waals surface area contributed by atoms with E-state index in [-0.39, 0.29) is 0 Å². The molecule has 0 heterocycles. The molecule has 2 heteroatoms. The maximum absolute atomic E-state index is 4.25. The van der Waals surface area contributed by atoms with Gasteiger partial charge in [0, 0.05) is 19.7 Å². The minimum atomic E-state index is 1.23. The summed E-state index contributed by atoms with van der Waals surface area (Å²) in [5, 5.41) is 6.06. The van der Waals surface area contributed by atoms with Crippen molar-refractivity contribution in [2.24, 2.45) is 5.10 Å². The Balaban J connectivity index is 3.09. The minimum Gasteiger partial charge on any atom is -0.303 e. The second kappa shape index (κ2) is 4.27. The van der Waals surface area contributed by atoms with Crippen molar-refractivity contribution in [1.29, 1.82) is 0 Å². The largest absolute Gasteiger partial charge is 0.303 e. The van der Waals surface area contributed by atoms with Crippen LogP contribution in [0.4, 0.5) is 0 Å². The highest BCUT2D eigenvalue weighted by Gasteiger charge is 2.00. The van der Waals surface area contributed by atoms with Gasteiger partial charge in [-0.3, -0.25) is 0 Å². The molecule has 0 aliphatic rings. The van der Waals surface area contributed by atoms with Gasteiger partial charge in [0.15, 0.2) is 0 Å². The first-order chi connectivity index (χ1) is 6.50. The molecule has 2 nitrogen and oxygen atoms in total. The zero-order chi connectivity index (χ0) is 10.7. The number of hydrogen-bond acceptors (Lipinski definition) is 2. The van der Waals surface area contributed by atoms with E-state index in [1.54, 1.807) is 5.01 Å². The maximum Gasteiger partial charge on any atom is 0.0548 e. The number of nitrogens with zero attached hydrogens (tertiary/aromatic N) is 2. The molecule has 0 fully saturated rings. The summed E-state index contributed by atoms with van der Waals surface area (Å²) in [6.07, 6.45) is 1.92. The second-order valence-corrected chi connectivity index (χ2v) is 3.90. The summed E-state index contributed by atoms with van der Waals surface area (Å²) in [5.41, 5.74) is 5.10. The topological polar surface area (TPSA) is 15.6 Å². The third-order valence-electron chi connectivity index (χ3n) is 2.16. The van der Waals surface area contributed by atoms with E-state index in [0.29, 0.717) is 0 Å². The van der Waals surface area contributed by atoms with Crippen molar-refractivity contribution in [2.75, 3.05) is 14.1 Å². The van der Waals surface area contributed by atoms with Crippen LogP contribution >= 0.6 is 0 Å². The molecule has 0 amide bonds. The minimum absolute atomic E-state index is 1.23. The van der Waals surface area contributed by atoms with Gasteiger partial charge in [-0.15, -0.1) is 0 Å². The lowest BCUT2D eigenvalue weighted by Crippen LogP contribution is -2.03. The van der Waals surface area contributed by atoms with Crippen molar-refractivity contribution in [3.8, 4) is 0 Å². The van der Waals surface area contributed by atoms with Crippen LogP contribution in [0, 0.1) is 20.8 Å². The van der Waals surface area contributed by atoms with Crippen LogP contribution in [0.3, 0.4) is 0 Å². The molecular weight excluding hydrogens is 172 g/mol. The van der Waals surface area contributed by atoms with Gasteiger partial charge in [0.25, 0.3) is 0 Å². The van der Waals surface area contributed by atoms with Crippen molar-refractivity contribution < 1.29 is 0 Å². The summed E-state index contributed by atoms with van der Waals surface area (Å²) in [6.45, 7) is 6.36. The van der Waals surface area contributed by atoms with Crippen molar-refractivity contribution in [3.05, 3.63) is 34.4 Å². The fraction of sp³-hybridized carbons (Fsp3) is 0.417. The molecule has 0 N–H and O–H groups in total. The van der Waals surface area contributed by atoms with Crippen LogP contribution in [0.1, 0.15) is 22.3 Å². The van der Waals surface area contributed by atoms with E-state index in [2.05, 4.69) is 38.0 Å². The molecule has 1 rings (SSSR count). The smallest absolute Gasteiger partial charge is 0.0548 e. The average Bonchev–Trinajstić information content (AvgIpc) is 2.01. The molecular formula is C12H18N2. The first kappa shape index (κ1) is 10.8. The second-order valence-electron chi connectivity index (χ2n) is 3.90. The third-order valence-corrected chi connectivity index (χ3v) is 2.16. The van der Waals surface area contributed by atoms with Gasteiger partial charge in [-0.05, 0) is 31.9 Å². The number of aryl methyl sites for hydroxylation is 3. The van der Waals surface area contributed by atoms with E-state index >= 15 is 0 Å². The van der Waals surface area contributed by atoms with Gasteiger partial charge < -0.3 is 5.01 Å².